The number of aliphatic hydroxyl groups is 1. The van der Waals surface area contributed by atoms with Crippen LogP contribution < -0.4 is 5.32 Å². The van der Waals surface area contributed by atoms with E-state index >= 15 is 0 Å². The van der Waals surface area contributed by atoms with Gasteiger partial charge < -0.3 is 15.3 Å². The Morgan fingerprint density at radius 1 is 1.53 bits per heavy atom. The number of carbonyl (C=O) groups is 2. The maximum absolute atomic E-state index is 11.5. The second-order valence-corrected chi connectivity index (χ2v) is 4.47. The van der Waals surface area contributed by atoms with Gasteiger partial charge in [0, 0.05) is 26.6 Å². The SMILES string of the molecule is CN(CCO)C(=O)CCNC(=O)c1cccs1. The summed E-state index contributed by atoms with van der Waals surface area (Å²) in [5.41, 5.74) is 0. The minimum Gasteiger partial charge on any atom is -0.395 e. The van der Waals surface area contributed by atoms with E-state index in [2.05, 4.69) is 5.32 Å². The van der Waals surface area contributed by atoms with Crippen molar-refractivity contribution in [2.75, 3.05) is 26.7 Å². The molecule has 0 saturated carbocycles. The highest BCUT2D eigenvalue weighted by Gasteiger charge is 2.09. The van der Waals surface area contributed by atoms with Crippen molar-refractivity contribution in [3.63, 3.8) is 0 Å². The Kier molecular flexibility index (Phi) is 5.65. The van der Waals surface area contributed by atoms with Gasteiger partial charge in [-0.1, -0.05) is 6.07 Å². The molecule has 0 fully saturated rings. The fraction of sp³-hybridized carbons (Fsp3) is 0.455. The normalized spacial score (nSPS) is 10.0. The molecular formula is C11H16N2O3S. The lowest BCUT2D eigenvalue weighted by Gasteiger charge is -2.15. The van der Waals surface area contributed by atoms with Crippen LogP contribution in [0.2, 0.25) is 0 Å². The zero-order valence-corrected chi connectivity index (χ0v) is 10.5. The topological polar surface area (TPSA) is 69.6 Å². The lowest BCUT2D eigenvalue weighted by Crippen LogP contribution is -2.33. The van der Waals surface area contributed by atoms with E-state index in [0.29, 0.717) is 18.0 Å². The fourth-order valence-electron chi connectivity index (χ4n) is 1.24. The molecule has 1 aromatic rings. The molecule has 0 radical (unpaired) electrons. The summed E-state index contributed by atoms with van der Waals surface area (Å²) in [6.07, 6.45) is 0.244. The van der Waals surface area contributed by atoms with E-state index in [9.17, 15) is 9.59 Å². The van der Waals surface area contributed by atoms with Gasteiger partial charge in [0.1, 0.15) is 0 Å². The fourth-order valence-corrected chi connectivity index (χ4v) is 1.88. The summed E-state index contributed by atoms with van der Waals surface area (Å²) in [6.45, 7) is 0.576. The van der Waals surface area contributed by atoms with E-state index in [0.717, 1.165) is 0 Å². The molecule has 0 unspecified atom stereocenters. The first-order valence-electron chi connectivity index (χ1n) is 5.31. The first-order valence-corrected chi connectivity index (χ1v) is 6.19. The second-order valence-electron chi connectivity index (χ2n) is 3.52. The van der Waals surface area contributed by atoms with Crippen LogP contribution in [0.1, 0.15) is 16.1 Å². The molecule has 2 amide bonds. The molecule has 0 atom stereocenters. The summed E-state index contributed by atoms with van der Waals surface area (Å²) in [5, 5.41) is 13.2. The molecule has 2 N–H and O–H groups in total. The first kappa shape index (κ1) is 13.7. The van der Waals surface area contributed by atoms with Crippen molar-refractivity contribution in [1.29, 1.82) is 0 Å². The molecule has 17 heavy (non-hydrogen) atoms. The number of hydrogen-bond donors (Lipinski definition) is 2. The van der Waals surface area contributed by atoms with Gasteiger partial charge in [0.15, 0.2) is 0 Å². The summed E-state index contributed by atoms with van der Waals surface area (Å²) in [6, 6.07) is 3.54. The van der Waals surface area contributed by atoms with Crippen LogP contribution in [0.25, 0.3) is 0 Å². The highest BCUT2D eigenvalue weighted by Crippen LogP contribution is 2.07. The molecule has 1 aromatic heterocycles. The highest BCUT2D eigenvalue weighted by atomic mass is 32.1. The average Bonchev–Trinajstić information content (AvgIpc) is 2.82. The summed E-state index contributed by atoms with van der Waals surface area (Å²) in [5.74, 6) is -0.247. The second kappa shape index (κ2) is 7.03. The van der Waals surface area contributed by atoms with Gasteiger partial charge in [-0.3, -0.25) is 9.59 Å². The van der Waals surface area contributed by atoms with Crippen LogP contribution in [0.3, 0.4) is 0 Å². The Bertz CT molecular complexity index is 365. The number of nitrogens with one attached hydrogen (secondary N) is 1. The standard InChI is InChI=1S/C11H16N2O3S/c1-13(6-7-14)10(15)4-5-12-11(16)9-3-2-8-17-9/h2-3,8,14H,4-7H2,1H3,(H,12,16). The Balaban J connectivity index is 2.24. The summed E-state index contributed by atoms with van der Waals surface area (Å²) < 4.78 is 0. The molecule has 0 aliphatic rings. The first-order chi connectivity index (χ1) is 8.15. The van der Waals surface area contributed by atoms with Crippen molar-refractivity contribution < 1.29 is 14.7 Å². The van der Waals surface area contributed by atoms with Crippen molar-refractivity contribution >= 4 is 23.2 Å². The smallest absolute Gasteiger partial charge is 0.261 e. The molecule has 5 nitrogen and oxygen atoms in total. The number of amides is 2. The molecule has 1 heterocycles. The average molecular weight is 256 g/mol. The molecule has 0 spiro atoms. The number of hydrogen-bond acceptors (Lipinski definition) is 4. The molecule has 1 rings (SSSR count). The molecule has 94 valence electrons. The third kappa shape index (κ3) is 4.54. The van der Waals surface area contributed by atoms with Gasteiger partial charge in [0.25, 0.3) is 5.91 Å². The van der Waals surface area contributed by atoms with Crippen LogP contribution in [-0.4, -0.2) is 48.6 Å². The van der Waals surface area contributed by atoms with Crippen molar-refractivity contribution in [3.05, 3.63) is 22.4 Å². The third-order valence-electron chi connectivity index (χ3n) is 2.23. The molecule has 0 aromatic carbocycles. The number of carbonyl (C=O) groups excluding carboxylic acids is 2. The quantitative estimate of drug-likeness (QED) is 0.770. The highest BCUT2D eigenvalue weighted by molar-refractivity contribution is 7.12. The summed E-state index contributed by atoms with van der Waals surface area (Å²) in [7, 11) is 1.62. The Morgan fingerprint density at radius 2 is 2.29 bits per heavy atom. The maximum atomic E-state index is 11.5. The molecule has 0 aliphatic carbocycles. The Labute approximate surface area is 104 Å². The predicted molar refractivity (Wildman–Crippen MR) is 66.0 cm³/mol. The van der Waals surface area contributed by atoms with E-state index in [1.54, 1.807) is 19.2 Å². The molecule has 0 aliphatic heterocycles. The van der Waals surface area contributed by atoms with Crippen LogP contribution in [0.4, 0.5) is 0 Å². The monoisotopic (exact) mass is 256 g/mol. The van der Waals surface area contributed by atoms with E-state index in [1.807, 2.05) is 5.38 Å². The van der Waals surface area contributed by atoms with Gasteiger partial charge in [0.2, 0.25) is 5.91 Å². The van der Waals surface area contributed by atoms with Crippen LogP contribution in [-0.2, 0) is 4.79 Å². The van der Waals surface area contributed by atoms with Crippen molar-refractivity contribution in [3.8, 4) is 0 Å². The number of aliphatic hydroxyl groups excluding tert-OH is 1. The molecular weight excluding hydrogens is 240 g/mol. The van der Waals surface area contributed by atoms with Gasteiger partial charge in [-0.25, -0.2) is 0 Å². The zero-order valence-electron chi connectivity index (χ0n) is 9.68. The van der Waals surface area contributed by atoms with Crippen molar-refractivity contribution in [2.45, 2.75) is 6.42 Å². The third-order valence-corrected chi connectivity index (χ3v) is 3.10. The van der Waals surface area contributed by atoms with Crippen LogP contribution in [0.5, 0.6) is 0 Å². The van der Waals surface area contributed by atoms with E-state index in [-0.39, 0.29) is 24.8 Å². The van der Waals surface area contributed by atoms with E-state index in [1.165, 1.54) is 16.2 Å². The van der Waals surface area contributed by atoms with Crippen LogP contribution >= 0.6 is 11.3 Å². The van der Waals surface area contributed by atoms with Gasteiger partial charge in [0.05, 0.1) is 11.5 Å². The number of rotatable bonds is 6. The van der Waals surface area contributed by atoms with Crippen LogP contribution in [0.15, 0.2) is 17.5 Å². The largest absolute Gasteiger partial charge is 0.395 e. The summed E-state index contributed by atoms with van der Waals surface area (Å²) in [4.78, 5) is 25.1. The lowest BCUT2D eigenvalue weighted by atomic mass is 10.3. The van der Waals surface area contributed by atoms with Crippen LogP contribution in [0, 0.1) is 0 Å². The minimum absolute atomic E-state index is 0.0518. The van der Waals surface area contributed by atoms with Gasteiger partial charge in [-0.2, -0.15) is 0 Å². The van der Waals surface area contributed by atoms with Crippen molar-refractivity contribution in [2.24, 2.45) is 0 Å². The van der Waals surface area contributed by atoms with Gasteiger partial charge >= 0.3 is 0 Å². The molecule has 6 heteroatoms. The van der Waals surface area contributed by atoms with Gasteiger partial charge in [-0.15, -0.1) is 11.3 Å². The Hall–Kier alpha value is -1.40. The Morgan fingerprint density at radius 3 is 2.88 bits per heavy atom. The number of likely N-dealkylation sites (N-methyl/N-ethyl adjacent to an activating group) is 1. The molecule has 0 bridgehead atoms. The van der Waals surface area contributed by atoms with E-state index < -0.39 is 0 Å². The van der Waals surface area contributed by atoms with E-state index in [4.69, 9.17) is 5.11 Å². The maximum Gasteiger partial charge on any atom is 0.261 e. The summed E-state index contributed by atoms with van der Waals surface area (Å²) >= 11 is 1.36. The minimum atomic E-state index is -0.155. The van der Waals surface area contributed by atoms with Gasteiger partial charge in [-0.05, 0) is 11.4 Å². The van der Waals surface area contributed by atoms with Crippen molar-refractivity contribution in [1.82, 2.24) is 10.2 Å². The number of nitrogens with zero attached hydrogens (tertiary/aromatic N) is 1. The predicted octanol–water partition coefficient (Wildman–Crippen LogP) is 0.319. The number of thiophene rings is 1. The lowest BCUT2D eigenvalue weighted by molar-refractivity contribution is -0.130. The molecule has 0 saturated heterocycles. The zero-order chi connectivity index (χ0) is 12.7.